The lowest BCUT2D eigenvalue weighted by Gasteiger charge is -2.36. The molecule has 0 aliphatic carbocycles. The van der Waals surface area contributed by atoms with Gasteiger partial charge in [-0.05, 0) is 17.7 Å². The molecular formula is C18H21N3O2. The number of hydrogen-bond donors (Lipinski definition) is 3. The summed E-state index contributed by atoms with van der Waals surface area (Å²) in [6.07, 6.45) is -0.0428. The first-order valence-corrected chi connectivity index (χ1v) is 7.84. The van der Waals surface area contributed by atoms with Crippen molar-refractivity contribution in [1.29, 1.82) is 0 Å². The molecule has 1 saturated heterocycles. The third-order valence-corrected chi connectivity index (χ3v) is 4.08. The predicted octanol–water partition coefficient (Wildman–Crippen LogP) is 2.40. The van der Waals surface area contributed by atoms with Crippen LogP contribution in [0.4, 0.5) is 5.69 Å². The number of rotatable bonds is 5. The summed E-state index contributed by atoms with van der Waals surface area (Å²) in [6, 6.07) is 17.2. The summed E-state index contributed by atoms with van der Waals surface area (Å²) >= 11 is 0. The van der Waals surface area contributed by atoms with E-state index in [0.29, 0.717) is 11.3 Å². The summed E-state index contributed by atoms with van der Waals surface area (Å²) < 4.78 is 0. The highest BCUT2D eigenvalue weighted by Crippen LogP contribution is 2.26. The molecule has 0 aromatic heterocycles. The van der Waals surface area contributed by atoms with Gasteiger partial charge in [-0.2, -0.15) is 0 Å². The second-order valence-electron chi connectivity index (χ2n) is 5.59. The maximum Gasteiger partial charge on any atom is 0.337 e. The lowest BCUT2D eigenvalue weighted by molar-refractivity contribution is 0.0697. The summed E-state index contributed by atoms with van der Waals surface area (Å²) in [5.41, 5.74) is 2.07. The molecule has 1 atom stereocenters. The smallest absolute Gasteiger partial charge is 0.337 e. The van der Waals surface area contributed by atoms with Gasteiger partial charge < -0.3 is 15.7 Å². The maximum atomic E-state index is 11.5. The Bertz CT molecular complexity index is 654. The van der Waals surface area contributed by atoms with Gasteiger partial charge in [-0.25, -0.2) is 4.79 Å². The second kappa shape index (κ2) is 7.26. The van der Waals surface area contributed by atoms with E-state index in [0.717, 1.165) is 31.7 Å². The van der Waals surface area contributed by atoms with Gasteiger partial charge in [0.05, 0.1) is 11.3 Å². The molecule has 3 N–H and O–H groups in total. The van der Waals surface area contributed by atoms with E-state index < -0.39 is 5.97 Å². The van der Waals surface area contributed by atoms with E-state index >= 15 is 0 Å². The summed E-state index contributed by atoms with van der Waals surface area (Å²) in [4.78, 5) is 13.8. The molecule has 0 radical (unpaired) electrons. The van der Waals surface area contributed by atoms with Gasteiger partial charge in [0.2, 0.25) is 0 Å². The molecule has 1 unspecified atom stereocenters. The van der Waals surface area contributed by atoms with E-state index in [9.17, 15) is 9.90 Å². The summed E-state index contributed by atoms with van der Waals surface area (Å²) in [6.45, 7) is 3.71. The Morgan fingerprint density at radius 1 is 1.04 bits per heavy atom. The molecule has 2 aromatic rings. The van der Waals surface area contributed by atoms with E-state index in [1.54, 1.807) is 12.1 Å². The van der Waals surface area contributed by atoms with Crippen molar-refractivity contribution in [2.45, 2.75) is 6.17 Å². The zero-order valence-corrected chi connectivity index (χ0v) is 12.9. The van der Waals surface area contributed by atoms with Gasteiger partial charge >= 0.3 is 5.97 Å². The van der Waals surface area contributed by atoms with Crippen LogP contribution < -0.4 is 10.6 Å². The van der Waals surface area contributed by atoms with Crippen LogP contribution in [0.3, 0.4) is 0 Å². The quantitative estimate of drug-likeness (QED) is 0.791. The second-order valence-corrected chi connectivity index (χ2v) is 5.59. The number of anilines is 1. The minimum atomic E-state index is -0.916. The Hall–Kier alpha value is -2.37. The normalized spacial score (nSPS) is 16.7. The van der Waals surface area contributed by atoms with E-state index in [-0.39, 0.29) is 6.17 Å². The first-order valence-electron chi connectivity index (χ1n) is 7.84. The fraction of sp³-hybridized carbons (Fsp3) is 0.278. The lowest BCUT2D eigenvalue weighted by atomic mass is 10.1. The minimum absolute atomic E-state index is 0.0428. The number of carbonyl (C=O) groups is 1. The maximum absolute atomic E-state index is 11.5. The van der Waals surface area contributed by atoms with Crippen molar-refractivity contribution in [3.63, 3.8) is 0 Å². The number of carboxylic acids is 1. The fourth-order valence-corrected chi connectivity index (χ4v) is 2.90. The van der Waals surface area contributed by atoms with Crippen LogP contribution in [-0.2, 0) is 0 Å². The topological polar surface area (TPSA) is 64.6 Å². The molecule has 0 spiro atoms. The van der Waals surface area contributed by atoms with Crippen LogP contribution in [0.1, 0.15) is 22.1 Å². The Kier molecular flexibility index (Phi) is 4.90. The van der Waals surface area contributed by atoms with Crippen molar-refractivity contribution in [1.82, 2.24) is 10.2 Å². The molecule has 1 aliphatic rings. The van der Waals surface area contributed by atoms with Gasteiger partial charge in [0, 0.05) is 26.2 Å². The molecule has 5 heteroatoms. The molecule has 0 amide bonds. The molecule has 5 nitrogen and oxygen atoms in total. The van der Waals surface area contributed by atoms with Crippen LogP contribution in [0.15, 0.2) is 54.6 Å². The first kappa shape index (κ1) is 15.5. The molecule has 23 heavy (non-hydrogen) atoms. The highest BCUT2D eigenvalue weighted by molar-refractivity contribution is 5.94. The molecule has 0 bridgehead atoms. The average molecular weight is 311 g/mol. The van der Waals surface area contributed by atoms with Gasteiger partial charge in [-0.15, -0.1) is 0 Å². The zero-order chi connectivity index (χ0) is 16.1. The number of aromatic carboxylic acids is 1. The van der Waals surface area contributed by atoms with Crippen molar-refractivity contribution in [3.05, 3.63) is 65.7 Å². The fourth-order valence-electron chi connectivity index (χ4n) is 2.90. The van der Waals surface area contributed by atoms with Crippen molar-refractivity contribution in [2.75, 3.05) is 31.5 Å². The highest BCUT2D eigenvalue weighted by atomic mass is 16.4. The Morgan fingerprint density at radius 3 is 2.39 bits per heavy atom. The van der Waals surface area contributed by atoms with Crippen LogP contribution >= 0.6 is 0 Å². The van der Waals surface area contributed by atoms with Crippen LogP contribution in [0.5, 0.6) is 0 Å². The van der Waals surface area contributed by atoms with Gasteiger partial charge in [0.1, 0.15) is 6.17 Å². The van der Waals surface area contributed by atoms with Crippen molar-refractivity contribution in [3.8, 4) is 0 Å². The number of piperazine rings is 1. The predicted molar refractivity (Wildman–Crippen MR) is 90.6 cm³/mol. The largest absolute Gasteiger partial charge is 0.478 e. The highest BCUT2D eigenvalue weighted by Gasteiger charge is 2.23. The molecule has 0 saturated carbocycles. The van der Waals surface area contributed by atoms with E-state index in [4.69, 9.17) is 0 Å². The number of hydrogen-bond acceptors (Lipinski definition) is 4. The first-order chi connectivity index (χ1) is 11.3. The summed E-state index contributed by atoms with van der Waals surface area (Å²) in [7, 11) is 0. The van der Waals surface area contributed by atoms with E-state index in [2.05, 4.69) is 27.7 Å². The van der Waals surface area contributed by atoms with Gasteiger partial charge in [0.25, 0.3) is 0 Å². The Balaban J connectivity index is 1.91. The van der Waals surface area contributed by atoms with Crippen LogP contribution in [0.25, 0.3) is 0 Å². The van der Waals surface area contributed by atoms with Gasteiger partial charge in [0.15, 0.2) is 0 Å². The van der Waals surface area contributed by atoms with E-state index in [1.807, 2.05) is 30.3 Å². The molecular weight excluding hydrogens is 290 g/mol. The molecule has 1 heterocycles. The number of nitrogens with one attached hydrogen (secondary N) is 2. The third kappa shape index (κ3) is 3.70. The standard InChI is InChI=1S/C18H21N3O2/c22-18(23)15-8-4-5-9-16(15)20-17(14-6-2-1-3-7-14)21-12-10-19-11-13-21/h1-9,17,19-20H,10-13H2,(H,22,23). The summed E-state index contributed by atoms with van der Waals surface area (Å²) in [5, 5.41) is 16.2. The Labute approximate surface area is 135 Å². The molecule has 2 aromatic carbocycles. The van der Waals surface area contributed by atoms with Crippen molar-refractivity contribution < 1.29 is 9.90 Å². The number of para-hydroxylation sites is 1. The number of benzene rings is 2. The molecule has 3 rings (SSSR count). The van der Waals surface area contributed by atoms with E-state index in [1.165, 1.54) is 0 Å². The average Bonchev–Trinajstić information content (AvgIpc) is 2.61. The third-order valence-electron chi connectivity index (χ3n) is 4.08. The molecule has 1 aliphatic heterocycles. The van der Waals surface area contributed by atoms with Crippen LogP contribution in [0, 0.1) is 0 Å². The Morgan fingerprint density at radius 2 is 1.70 bits per heavy atom. The SMILES string of the molecule is O=C(O)c1ccccc1NC(c1ccccc1)N1CCNCC1. The number of carboxylic acid groups (broad SMARTS) is 1. The number of nitrogens with zero attached hydrogens (tertiary/aromatic N) is 1. The summed E-state index contributed by atoms with van der Waals surface area (Å²) in [5.74, 6) is -0.916. The lowest BCUT2D eigenvalue weighted by Crippen LogP contribution is -2.47. The van der Waals surface area contributed by atoms with Crippen LogP contribution in [0.2, 0.25) is 0 Å². The molecule has 1 fully saturated rings. The minimum Gasteiger partial charge on any atom is -0.478 e. The van der Waals surface area contributed by atoms with Gasteiger partial charge in [-0.1, -0.05) is 42.5 Å². The zero-order valence-electron chi connectivity index (χ0n) is 12.9. The van der Waals surface area contributed by atoms with Crippen LogP contribution in [-0.4, -0.2) is 42.2 Å². The van der Waals surface area contributed by atoms with Gasteiger partial charge in [-0.3, -0.25) is 4.90 Å². The molecule has 120 valence electrons. The van der Waals surface area contributed by atoms with Crippen molar-refractivity contribution in [2.24, 2.45) is 0 Å². The monoisotopic (exact) mass is 311 g/mol. The van der Waals surface area contributed by atoms with Crippen molar-refractivity contribution >= 4 is 11.7 Å².